The van der Waals surface area contributed by atoms with E-state index in [2.05, 4.69) is 10.3 Å². The van der Waals surface area contributed by atoms with Crippen LogP contribution in [0.25, 0.3) is 11.0 Å². The second-order valence-electron chi connectivity index (χ2n) is 4.55. The number of carbonyl (C=O) groups is 1. The van der Waals surface area contributed by atoms with Crippen molar-refractivity contribution >= 4 is 16.9 Å². The predicted octanol–water partition coefficient (Wildman–Crippen LogP) is 1.99. The van der Waals surface area contributed by atoms with Crippen LogP contribution in [0.2, 0.25) is 0 Å². The molecule has 1 aliphatic rings. The molecule has 94 valence electrons. The van der Waals surface area contributed by atoms with Crippen molar-refractivity contribution in [3.8, 4) is 0 Å². The van der Waals surface area contributed by atoms with E-state index in [4.69, 9.17) is 9.52 Å². The van der Waals surface area contributed by atoms with E-state index in [-0.39, 0.29) is 5.76 Å². The molecule has 3 heterocycles. The van der Waals surface area contributed by atoms with Gasteiger partial charge >= 0.3 is 5.97 Å². The van der Waals surface area contributed by atoms with Gasteiger partial charge in [-0.05, 0) is 32.0 Å². The zero-order valence-electron chi connectivity index (χ0n) is 9.85. The number of rotatable bonds is 2. The number of aromatic carboxylic acids is 1. The lowest BCUT2D eigenvalue weighted by Crippen LogP contribution is -2.27. The third kappa shape index (κ3) is 1.86. The second kappa shape index (κ2) is 4.42. The Morgan fingerprint density at radius 3 is 2.94 bits per heavy atom. The van der Waals surface area contributed by atoms with E-state index >= 15 is 0 Å². The molecule has 1 aliphatic heterocycles. The van der Waals surface area contributed by atoms with Crippen molar-refractivity contribution in [2.24, 2.45) is 0 Å². The first-order valence-electron chi connectivity index (χ1n) is 6.08. The van der Waals surface area contributed by atoms with Crippen LogP contribution >= 0.6 is 0 Å². The molecule has 1 saturated heterocycles. The van der Waals surface area contributed by atoms with Gasteiger partial charge in [-0.2, -0.15) is 0 Å². The quantitative estimate of drug-likeness (QED) is 0.847. The molecule has 0 amide bonds. The van der Waals surface area contributed by atoms with E-state index < -0.39 is 5.97 Å². The standard InChI is InChI=1S/C13H14N2O3/c16-13(17)11-7-9-10(18-11)3-6-15-12(9)8-1-4-14-5-2-8/h3,6-8,14H,1-2,4-5H2,(H,16,17). The van der Waals surface area contributed by atoms with Gasteiger partial charge in [-0.25, -0.2) is 4.79 Å². The largest absolute Gasteiger partial charge is 0.475 e. The maximum atomic E-state index is 10.9. The summed E-state index contributed by atoms with van der Waals surface area (Å²) in [5.74, 6) is -0.676. The minimum atomic E-state index is -1.04. The van der Waals surface area contributed by atoms with Crippen molar-refractivity contribution < 1.29 is 14.3 Å². The van der Waals surface area contributed by atoms with Crippen LogP contribution in [-0.4, -0.2) is 29.1 Å². The Hall–Kier alpha value is -1.88. The summed E-state index contributed by atoms with van der Waals surface area (Å²) < 4.78 is 5.31. The van der Waals surface area contributed by atoms with Crippen LogP contribution in [0.15, 0.2) is 22.7 Å². The summed E-state index contributed by atoms with van der Waals surface area (Å²) in [6.07, 6.45) is 3.74. The number of carboxylic acids is 1. The zero-order chi connectivity index (χ0) is 12.5. The third-order valence-corrected chi connectivity index (χ3v) is 3.41. The molecule has 5 heteroatoms. The van der Waals surface area contributed by atoms with Gasteiger partial charge in [0.15, 0.2) is 0 Å². The van der Waals surface area contributed by atoms with E-state index in [0.29, 0.717) is 11.5 Å². The first-order chi connectivity index (χ1) is 8.75. The Bertz CT molecular complexity index is 585. The number of nitrogens with one attached hydrogen (secondary N) is 1. The average Bonchev–Trinajstić information content (AvgIpc) is 2.83. The summed E-state index contributed by atoms with van der Waals surface area (Å²) >= 11 is 0. The molecule has 0 bridgehead atoms. The van der Waals surface area contributed by atoms with Crippen molar-refractivity contribution in [1.82, 2.24) is 10.3 Å². The van der Waals surface area contributed by atoms with Crippen LogP contribution in [0.3, 0.4) is 0 Å². The Labute approximate surface area is 104 Å². The number of hydrogen-bond donors (Lipinski definition) is 2. The third-order valence-electron chi connectivity index (χ3n) is 3.41. The minimum absolute atomic E-state index is 0.0202. The Kier molecular flexibility index (Phi) is 2.76. The number of aromatic nitrogens is 1. The lowest BCUT2D eigenvalue weighted by molar-refractivity contribution is 0.0665. The maximum Gasteiger partial charge on any atom is 0.371 e. The van der Waals surface area contributed by atoms with Crippen LogP contribution < -0.4 is 5.32 Å². The molecule has 0 aromatic carbocycles. The van der Waals surface area contributed by atoms with Gasteiger partial charge < -0.3 is 14.8 Å². The van der Waals surface area contributed by atoms with E-state index in [9.17, 15) is 4.79 Å². The molecule has 2 N–H and O–H groups in total. The van der Waals surface area contributed by atoms with Gasteiger partial charge in [0.05, 0.1) is 5.69 Å². The first kappa shape index (κ1) is 11.2. The van der Waals surface area contributed by atoms with Gasteiger partial charge in [0.25, 0.3) is 0 Å². The fourth-order valence-electron chi connectivity index (χ4n) is 2.51. The molecular weight excluding hydrogens is 232 g/mol. The lowest BCUT2D eigenvalue weighted by Gasteiger charge is -2.22. The van der Waals surface area contributed by atoms with Gasteiger partial charge in [0.2, 0.25) is 5.76 Å². The molecule has 0 unspecified atom stereocenters. The Morgan fingerprint density at radius 1 is 1.44 bits per heavy atom. The number of pyridine rings is 1. The monoisotopic (exact) mass is 246 g/mol. The van der Waals surface area contributed by atoms with Crippen molar-refractivity contribution in [2.45, 2.75) is 18.8 Å². The van der Waals surface area contributed by atoms with Crippen molar-refractivity contribution in [3.63, 3.8) is 0 Å². The molecule has 1 fully saturated rings. The Balaban J connectivity index is 2.07. The molecule has 0 atom stereocenters. The van der Waals surface area contributed by atoms with E-state index in [1.165, 1.54) is 0 Å². The highest BCUT2D eigenvalue weighted by atomic mass is 16.4. The number of fused-ring (bicyclic) bond motifs is 1. The maximum absolute atomic E-state index is 10.9. The van der Waals surface area contributed by atoms with Gasteiger partial charge in [0, 0.05) is 23.6 Å². The summed E-state index contributed by atoms with van der Waals surface area (Å²) in [4.78, 5) is 15.4. The smallest absolute Gasteiger partial charge is 0.371 e. The topological polar surface area (TPSA) is 75.4 Å². The van der Waals surface area contributed by atoms with Crippen LogP contribution in [0.4, 0.5) is 0 Å². The summed E-state index contributed by atoms with van der Waals surface area (Å²) in [7, 11) is 0. The van der Waals surface area contributed by atoms with Crippen LogP contribution in [0.1, 0.15) is 35.0 Å². The molecule has 18 heavy (non-hydrogen) atoms. The van der Waals surface area contributed by atoms with Crippen molar-refractivity contribution in [1.29, 1.82) is 0 Å². The summed E-state index contributed by atoms with van der Waals surface area (Å²) in [5.41, 5.74) is 1.57. The predicted molar refractivity (Wildman–Crippen MR) is 65.8 cm³/mol. The molecule has 5 nitrogen and oxygen atoms in total. The summed E-state index contributed by atoms with van der Waals surface area (Å²) in [6, 6.07) is 3.30. The summed E-state index contributed by atoms with van der Waals surface area (Å²) in [6.45, 7) is 1.96. The highest BCUT2D eigenvalue weighted by Gasteiger charge is 2.21. The SMILES string of the molecule is O=C(O)c1cc2c(C3CCNCC3)nccc2o1. The van der Waals surface area contributed by atoms with Gasteiger partial charge in [0.1, 0.15) is 5.58 Å². The van der Waals surface area contributed by atoms with Crippen molar-refractivity contribution in [2.75, 3.05) is 13.1 Å². The highest BCUT2D eigenvalue weighted by molar-refractivity contribution is 5.92. The number of hydrogen-bond acceptors (Lipinski definition) is 4. The Morgan fingerprint density at radius 2 is 2.22 bits per heavy atom. The molecule has 0 aliphatic carbocycles. The fourth-order valence-corrected chi connectivity index (χ4v) is 2.51. The van der Waals surface area contributed by atoms with Gasteiger partial charge in [-0.1, -0.05) is 0 Å². The highest BCUT2D eigenvalue weighted by Crippen LogP contribution is 2.31. The average molecular weight is 246 g/mol. The summed E-state index contributed by atoms with van der Waals surface area (Å²) in [5, 5.41) is 13.1. The number of nitrogens with zero attached hydrogens (tertiary/aromatic N) is 1. The number of piperidine rings is 1. The first-order valence-corrected chi connectivity index (χ1v) is 6.08. The van der Waals surface area contributed by atoms with E-state index in [1.54, 1.807) is 18.3 Å². The van der Waals surface area contributed by atoms with Crippen LogP contribution in [0.5, 0.6) is 0 Å². The molecule has 2 aromatic rings. The van der Waals surface area contributed by atoms with E-state index in [0.717, 1.165) is 37.0 Å². The molecule has 3 rings (SSSR count). The van der Waals surface area contributed by atoms with Crippen LogP contribution in [0, 0.1) is 0 Å². The minimum Gasteiger partial charge on any atom is -0.475 e. The van der Waals surface area contributed by atoms with E-state index in [1.807, 2.05) is 0 Å². The fraction of sp³-hybridized carbons (Fsp3) is 0.385. The number of furan rings is 1. The normalized spacial score (nSPS) is 17.1. The number of carboxylic acid groups (broad SMARTS) is 1. The molecule has 2 aromatic heterocycles. The molecule has 0 radical (unpaired) electrons. The van der Waals surface area contributed by atoms with Crippen molar-refractivity contribution in [3.05, 3.63) is 29.8 Å². The molecule has 0 saturated carbocycles. The van der Waals surface area contributed by atoms with Crippen LogP contribution in [-0.2, 0) is 0 Å². The molecule has 0 spiro atoms. The zero-order valence-corrected chi connectivity index (χ0v) is 9.85. The van der Waals surface area contributed by atoms with Gasteiger partial charge in [-0.15, -0.1) is 0 Å². The van der Waals surface area contributed by atoms with Gasteiger partial charge in [-0.3, -0.25) is 4.98 Å². The molecular formula is C13H14N2O3. The lowest BCUT2D eigenvalue weighted by atomic mass is 9.92. The second-order valence-corrected chi connectivity index (χ2v) is 4.55.